The van der Waals surface area contributed by atoms with Gasteiger partial charge in [-0.1, -0.05) is 24.3 Å². The fraction of sp³-hybridized carbons (Fsp3) is 0.174. The highest BCUT2D eigenvalue weighted by molar-refractivity contribution is 7.15. The lowest BCUT2D eigenvalue weighted by Gasteiger charge is -2.09. The minimum Gasteiger partial charge on any atom is -0.484 e. The topological polar surface area (TPSA) is 75.9 Å². The molecule has 4 aromatic rings. The van der Waals surface area contributed by atoms with Gasteiger partial charge in [-0.2, -0.15) is 0 Å². The molecule has 31 heavy (non-hydrogen) atoms. The molecule has 7 nitrogen and oxygen atoms in total. The van der Waals surface area contributed by atoms with Gasteiger partial charge in [0.2, 0.25) is 0 Å². The van der Waals surface area contributed by atoms with Crippen LogP contribution in [0.25, 0.3) is 16.2 Å². The molecule has 1 N–H and O–H groups in total. The predicted octanol–water partition coefficient (Wildman–Crippen LogP) is 4.09. The molecule has 4 rings (SSSR count). The van der Waals surface area contributed by atoms with Crippen LogP contribution < -0.4 is 10.1 Å². The Labute approximate surface area is 183 Å². The van der Waals surface area contributed by atoms with Gasteiger partial charge in [0.05, 0.1) is 5.69 Å². The summed E-state index contributed by atoms with van der Waals surface area (Å²) in [6.07, 6.45) is 1.85. The maximum Gasteiger partial charge on any atom is 0.271 e. The maximum atomic E-state index is 12.3. The van der Waals surface area contributed by atoms with E-state index < -0.39 is 0 Å². The van der Waals surface area contributed by atoms with Crippen molar-refractivity contribution in [3.05, 3.63) is 71.4 Å². The van der Waals surface area contributed by atoms with Crippen molar-refractivity contribution in [2.75, 3.05) is 26.0 Å². The van der Waals surface area contributed by atoms with Gasteiger partial charge in [0.1, 0.15) is 11.4 Å². The molecule has 0 bridgehead atoms. The van der Waals surface area contributed by atoms with Gasteiger partial charge in [0.15, 0.2) is 11.6 Å². The van der Waals surface area contributed by atoms with Crippen molar-refractivity contribution in [2.45, 2.75) is 6.92 Å². The number of hydrogen-bond acceptors (Lipinski definition) is 5. The molecule has 0 atom stereocenters. The SMILES string of the molecule is Cc1cccc(OCC(=O)Nc2ccc(-c3cn4c(C(=O)N(C)C)csc4n3)cc2)c1. The second-order valence-corrected chi connectivity index (χ2v) is 8.17. The second-order valence-electron chi connectivity index (χ2n) is 7.33. The fourth-order valence-corrected chi connectivity index (χ4v) is 3.93. The second kappa shape index (κ2) is 8.61. The van der Waals surface area contributed by atoms with Crippen LogP contribution in [0.4, 0.5) is 5.69 Å². The number of carbonyl (C=O) groups is 2. The van der Waals surface area contributed by atoms with Crippen LogP contribution in [0.3, 0.4) is 0 Å². The van der Waals surface area contributed by atoms with Gasteiger partial charge in [0, 0.05) is 36.9 Å². The van der Waals surface area contributed by atoms with E-state index in [9.17, 15) is 9.59 Å². The molecule has 2 aromatic carbocycles. The van der Waals surface area contributed by atoms with Gasteiger partial charge >= 0.3 is 0 Å². The number of aromatic nitrogens is 2. The van der Waals surface area contributed by atoms with Crippen molar-refractivity contribution in [1.82, 2.24) is 14.3 Å². The zero-order chi connectivity index (χ0) is 22.0. The first kappa shape index (κ1) is 20.6. The summed E-state index contributed by atoms with van der Waals surface area (Å²) >= 11 is 1.42. The molecule has 158 valence electrons. The van der Waals surface area contributed by atoms with Gasteiger partial charge in [-0.05, 0) is 36.8 Å². The van der Waals surface area contributed by atoms with Crippen LogP contribution in [0.5, 0.6) is 5.75 Å². The van der Waals surface area contributed by atoms with Crippen LogP contribution in [0.1, 0.15) is 16.1 Å². The van der Waals surface area contributed by atoms with Crippen LogP contribution in [-0.2, 0) is 4.79 Å². The largest absolute Gasteiger partial charge is 0.484 e. The molecule has 0 aliphatic carbocycles. The highest BCUT2D eigenvalue weighted by Crippen LogP contribution is 2.25. The van der Waals surface area contributed by atoms with Gasteiger partial charge < -0.3 is 15.0 Å². The zero-order valence-electron chi connectivity index (χ0n) is 17.5. The average molecular weight is 435 g/mol. The molecule has 2 heterocycles. The molecule has 0 radical (unpaired) electrons. The third kappa shape index (κ3) is 4.59. The van der Waals surface area contributed by atoms with Gasteiger partial charge in [0.25, 0.3) is 11.8 Å². The molecule has 0 aliphatic rings. The number of anilines is 1. The normalized spacial score (nSPS) is 10.8. The van der Waals surface area contributed by atoms with E-state index in [0.717, 1.165) is 21.8 Å². The molecule has 0 fully saturated rings. The molecule has 2 amide bonds. The van der Waals surface area contributed by atoms with E-state index >= 15 is 0 Å². The van der Waals surface area contributed by atoms with E-state index in [2.05, 4.69) is 10.3 Å². The summed E-state index contributed by atoms with van der Waals surface area (Å²) in [6, 6.07) is 15.0. The average Bonchev–Trinajstić information content (AvgIpc) is 3.33. The number of carbonyl (C=O) groups excluding carboxylic acids is 2. The molecule has 2 aromatic heterocycles. The van der Waals surface area contributed by atoms with E-state index in [1.165, 1.54) is 11.3 Å². The number of amides is 2. The first-order valence-electron chi connectivity index (χ1n) is 9.69. The lowest BCUT2D eigenvalue weighted by Crippen LogP contribution is -2.22. The lowest BCUT2D eigenvalue weighted by atomic mass is 10.1. The molecule has 0 aliphatic heterocycles. The summed E-state index contributed by atoms with van der Waals surface area (Å²) in [4.78, 5) is 31.4. The first-order valence-corrected chi connectivity index (χ1v) is 10.6. The summed E-state index contributed by atoms with van der Waals surface area (Å²) < 4.78 is 7.34. The highest BCUT2D eigenvalue weighted by atomic mass is 32.1. The number of ether oxygens (including phenoxy) is 1. The van der Waals surface area contributed by atoms with Crippen LogP contribution in [-0.4, -0.2) is 46.8 Å². The first-order chi connectivity index (χ1) is 14.9. The Kier molecular flexibility index (Phi) is 5.73. The van der Waals surface area contributed by atoms with Crippen LogP contribution in [0.15, 0.2) is 60.1 Å². The molecular weight excluding hydrogens is 412 g/mol. The van der Waals surface area contributed by atoms with E-state index in [4.69, 9.17) is 4.74 Å². The number of benzene rings is 2. The lowest BCUT2D eigenvalue weighted by molar-refractivity contribution is -0.118. The Morgan fingerprint density at radius 2 is 1.94 bits per heavy atom. The number of fused-ring (bicyclic) bond motifs is 1. The number of hydrogen-bond donors (Lipinski definition) is 1. The number of aryl methyl sites for hydroxylation is 1. The molecule has 0 saturated heterocycles. The number of nitrogens with one attached hydrogen (secondary N) is 1. The minimum absolute atomic E-state index is 0.0643. The molecule has 8 heteroatoms. The van der Waals surface area contributed by atoms with Crippen molar-refractivity contribution < 1.29 is 14.3 Å². The molecular formula is C23H22N4O3S. The Hall–Kier alpha value is -3.65. The molecule has 0 unspecified atom stereocenters. The number of rotatable bonds is 6. The van der Waals surface area contributed by atoms with E-state index in [1.54, 1.807) is 23.4 Å². The predicted molar refractivity (Wildman–Crippen MR) is 122 cm³/mol. The molecule has 0 spiro atoms. The van der Waals surface area contributed by atoms with Gasteiger partial charge in [-0.3, -0.25) is 14.0 Å². The van der Waals surface area contributed by atoms with Crippen LogP contribution in [0.2, 0.25) is 0 Å². The van der Waals surface area contributed by atoms with Crippen molar-refractivity contribution >= 4 is 33.8 Å². The monoisotopic (exact) mass is 434 g/mol. The van der Waals surface area contributed by atoms with Crippen molar-refractivity contribution in [1.29, 1.82) is 0 Å². The van der Waals surface area contributed by atoms with Gasteiger partial charge in [-0.15, -0.1) is 11.3 Å². The Balaban J connectivity index is 1.42. The minimum atomic E-state index is -0.233. The van der Waals surface area contributed by atoms with E-state index in [-0.39, 0.29) is 18.4 Å². The summed E-state index contributed by atoms with van der Waals surface area (Å²) in [7, 11) is 3.45. The number of nitrogens with zero attached hydrogens (tertiary/aromatic N) is 3. The van der Waals surface area contributed by atoms with Crippen molar-refractivity contribution in [3.8, 4) is 17.0 Å². The summed E-state index contributed by atoms with van der Waals surface area (Å²) in [5.74, 6) is 0.363. The smallest absolute Gasteiger partial charge is 0.271 e. The number of imidazole rings is 1. The highest BCUT2D eigenvalue weighted by Gasteiger charge is 2.16. The summed E-state index contributed by atoms with van der Waals surface area (Å²) in [5.41, 5.74) is 3.99. The maximum absolute atomic E-state index is 12.3. The fourth-order valence-electron chi connectivity index (χ4n) is 3.08. The van der Waals surface area contributed by atoms with Crippen molar-refractivity contribution in [3.63, 3.8) is 0 Å². The third-order valence-electron chi connectivity index (χ3n) is 4.66. The van der Waals surface area contributed by atoms with E-state index in [0.29, 0.717) is 17.1 Å². The molecule has 0 saturated carbocycles. The standard InChI is InChI=1S/C23H22N4O3S/c1-15-5-4-6-18(11-15)30-13-21(28)24-17-9-7-16(8-10-17)19-12-27-20(22(29)26(2)3)14-31-23(27)25-19/h4-12,14H,13H2,1-3H3,(H,24,28). The summed E-state index contributed by atoms with van der Waals surface area (Å²) in [5, 5.41) is 4.64. The Morgan fingerprint density at radius 1 is 1.16 bits per heavy atom. The van der Waals surface area contributed by atoms with Crippen LogP contribution >= 0.6 is 11.3 Å². The Morgan fingerprint density at radius 3 is 2.65 bits per heavy atom. The number of thiazole rings is 1. The van der Waals surface area contributed by atoms with Crippen LogP contribution in [0, 0.1) is 6.92 Å². The summed E-state index contributed by atoms with van der Waals surface area (Å²) in [6.45, 7) is 1.91. The van der Waals surface area contributed by atoms with Crippen molar-refractivity contribution in [2.24, 2.45) is 0 Å². The Bertz CT molecular complexity index is 1240. The zero-order valence-corrected chi connectivity index (χ0v) is 18.3. The third-order valence-corrected chi connectivity index (χ3v) is 5.50. The van der Waals surface area contributed by atoms with E-state index in [1.807, 2.05) is 67.0 Å². The van der Waals surface area contributed by atoms with Gasteiger partial charge in [-0.25, -0.2) is 4.98 Å². The quantitative estimate of drug-likeness (QED) is 0.496.